The molecule has 0 saturated heterocycles. The summed E-state index contributed by atoms with van der Waals surface area (Å²) in [6.07, 6.45) is 2.46. The fourth-order valence-corrected chi connectivity index (χ4v) is 2.63. The summed E-state index contributed by atoms with van der Waals surface area (Å²) < 4.78 is 5.09. The van der Waals surface area contributed by atoms with Gasteiger partial charge in [-0.05, 0) is 55.2 Å². The molecule has 0 heterocycles. The van der Waals surface area contributed by atoms with Gasteiger partial charge in [0.25, 0.3) is 0 Å². The van der Waals surface area contributed by atoms with Crippen LogP contribution in [0.3, 0.4) is 0 Å². The molecule has 6 heteroatoms. The summed E-state index contributed by atoms with van der Waals surface area (Å²) >= 11 is 0. The van der Waals surface area contributed by atoms with Crippen LogP contribution in [0.15, 0.2) is 24.3 Å². The summed E-state index contributed by atoms with van der Waals surface area (Å²) in [5.74, 6) is 0.275. The molecule has 0 bridgehead atoms. The molecule has 1 fully saturated rings. The number of carbonyl (C=O) groups is 2. The quantitative estimate of drug-likeness (QED) is 0.446. The van der Waals surface area contributed by atoms with Crippen molar-refractivity contribution in [2.75, 3.05) is 0 Å². The van der Waals surface area contributed by atoms with Crippen molar-refractivity contribution in [3.8, 4) is 0 Å². The van der Waals surface area contributed by atoms with Gasteiger partial charge in [0.2, 0.25) is 0 Å². The van der Waals surface area contributed by atoms with Crippen molar-refractivity contribution < 1.29 is 29.1 Å². The summed E-state index contributed by atoms with van der Waals surface area (Å²) in [6, 6.07) is 6.92. The predicted molar refractivity (Wildman–Crippen MR) is 86.0 cm³/mol. The van der Waals surface area contributed by atoms with Gasteiger partial charge in [0.05, 0.1) is 10.6 Å². The first-order valence-electron chi connectivity index (χ1n) is 8.31. The number of hydrogen-bond donors (Lipinski definition) is 0. The van der Waals surface area contributed by atoms with E-state index in [1.165, 1.54) is 0 Å². The average molecular weight is 336 g/mol. The summed E-state index contributed by atoms with van der Waals surface area (Å²) in [5, 5.41) is 4.23. The molecule has 1 saturated carbocycles. The van der Waals surface area contributed by atoms with E-state index >= 15 is 0 Å². The summed E-state index contributed by atoms with van der Waals surface area (Å²) in [5.41, 5.74) is 1.41. The third-order valence-corrected chi connectivity index (χ3v) is 4.25. The van der Waals surface area contributed by atoms with Crippen LogP contribution in [0.1, 0.15) is 68.3 Å². The largest absolute Gasteiger partial charge is 0.543 e. The van der Waals surface area contributed by atoms with Gasteiger partial charge in [0, 0.05) is 0 Å². The summed E-state index contributed by atoms with van der Waals surface area (Å²) in [4.78, 5) is 32.0. The Bertz CT molecular complexity index is 543. The molecule has 2 rings (SSSR count). The molecule has 1 aromatic rings. The number of hydrogen-bond acceptors (Lipinski definition) is 6. The maximum absolute atomic E-state index is 11.8. The van der Waals surface area contributed by atoms with Crippen LogP contribution < -0.4 is 0 Å². The molecule has 1 aromatic carbocycles. The number of ether oxygens (including phenoxy) is 1. The second kappa shape index (κ2) is 8.68. The van der Waals surface area contributed by atoms with Crippen molar-refractivity contribution in [1.82, 2.24) is 0 Å². The molecule has 132 valence electrons. The van der Waals surface area contributed by atoms with E-state index in [9.17, 15) is 9.59 Å². The second-order valence-electron chi connectivity index (χ2n) is 6.55. The van der Waals surface area contributed by atoms with Gasteiger partial charge < -0.3 is 4.74 Å². The molecule has 0 aliphatic heterocycles. The van der Waals surface area contributed by atoms with Crippen molar-refractivity contribution in [2.24, 2.45) is 5.92 Å². The molecule has 0 unspecified atom stereocenters. The van der Waals surface area contributed by atoms with E-state index in [2.05, 4.69) is 35.6 Å². The normalized spacial score (nSPS) is 20.5. The Morgan fingerprint density at radius 1 is 1.00 bits per heavy atom. The third-order valence-electron chi connectivity index (χ3n) is 4.25. The van der Waals surface area contributed by atoms with Crippen LogP contribution in [0, 0.1) is 5.92 Å². The number of benzene rings is 1. The Morgan fingerprint density at radius 2 is 1.62 bits per heavy atom. The number of carbonyl (C=O) groups excluding carboxylic acids is 2. The Kier molecular flexibility index (Phi) is 6.61. The topological polar surface area (TPSA) is 71.1 Å². The highest BCUT2D eigenvalue weighted by molar-refractivity contribution is 5.88. The Morgan fingerprint density at radius 3 is 2.21 bits per heavy atom. The van der Waals surface area contributed by atoms with Crippen LogP contribution in [-0.4, -0.2) is 18.2 Å². The van der Waals surface area contributed by atoms with Crippen LogP contribution in [0.4, 0.5) is 4.79 Å². The van der Waals surface area contributed by atoms with E-state index in [0.717, 1.165) is 31.2 Å². The Hall–Kier alpha value is -2.08. The maximum atomic E-state index is 11.8. The van der Waals surface area contributed by atoms with Crippen LogP contribution in [-0.2, 0) is 19.6 Å². The van der Waals surface area contributed by atoms with Crippen molar-refractivity contribution in [1.29, 1.82) is 0 Å². The predicted octanol–water partition coefficient (Wildman–Crippen LogP) is 4.55. The monoisotopic (exact) mass is 336 g/mol. The molecule has 0 aromatic heterocycles. The lowest BCUT2D eigenvalue weighted by atomic mass is 9.89. The van der Waals surface area contributed by atoms with Gasteiger partial charge in [-0.3, -0.25) is 4.89 Å². The minimum absolute atomic E-state index is 0.170. The van der Waals surface area contributed by atoms with Gasteiger partial charge in [-0.1, -0.05) is 32.9 Å². The van der Waals surface area contributed by atoms with E-state index in [1.54, 1.807) is 12.1 Å². The Labute approximate surface area is 141 Å². The summed E-state index contributed by atoms with van der Waals surface area (Å²) in [7, 11) is 0. The maximum Gasteiger partial charge on any atom is 0.543 e. The number of rotatable bonds is 5. The molecule has 0 radical (unpaired) electrons. The Balaban J connectivity index is 1.69. The first-order valence-corrected chi connectivity index (χ1v) is 8.31. The zero-order valence-corrected chi connectivity index (χ0v) is 14.3. The molecule has 0 N–H and O–H groups in total. The van der Waals surface area contributed by atoms with E-state index < -0.39 is 12.1 Å². The van der Waals surface area contributed by atoms with Gasteiger partial charge in [-0.15, -0.1) is 0 Å². The summed E-state index contributed by atoms with van der Waals surface area (Å²) in [6.45, 7) is 6.29. The first-order chi connectivity index (χ1) is 11.5. The lowest BCUT2D eigenvalue weighted by molar-refractivity contribution is -0.453. The van der Waals surface area contributed by atoms with E-state index in [4.69, 9.17) is 4.74 Å². The van der Waals surface area contributed by atoms with Gasteiger partial charge >= 0.3 is 12.1 Å². The highest BCUT2D eigenvalue weighted by Crippen LogP contribution is 2.25. The molecule has 24 heavy (non-hydrogen) atoms. The average Bonchev–Trinajstić information content (AvgIpc) is 2.57. The molecule has 0 spiro atoms. The molecular weight excluding hydrogens is 312 g/mol. The van der Waals surface area contributed by atoms with Gasteiger partial charge in [0.1, 0.15) is 6.10 Å². The van der Waals surface area contributed by atoms with Crippen LogP contribution >= 0.6 is 0 Å². The minimum Gasteiger partial charge on any atom is -0.429 e. The minimum atomic E-state index is -1.00. The highest BCUT2D eigenvalue weighted by atomic mass is 17.5. The zero-order valence-electron chi connectivity index (χ0n) is 14.3. The van der Waals surface area contributed by atoms with Crippen molar-refractivity contribution >= 4 is 12.1 Å². The lowest BCUT2D eigenvalue weighted by Crippen LogP contribution is -2.24. The van der Waals surface area contributed by atoms with Crippen LogP contribution in [0.2, 0.25) is 0 Å². The van der Waals surface area contributed by atoms with E-state index in [-0.39, 0.29) is 6.10 Å². The van der Waals surface area contributed by atoms with Gasteiger partial charge in [-0.2, -0.15) is 0 Å². The van der Waals surface area contributed by atoms with E-state index in [1.807, 2.05) is 12.1 Å². The van der Waals surface area contributed by atoms with Crippen molar-refractivity contribution in [2.45, 2.75) is 58.5 Å². The molecule has 0 atom stereocenters. The van der Waals surface area contributed by atoms with Crippen LogP contribution in [0.25, 0.3) is 0 Å². The van der Waals surface area contributed by atoms with Crippen molar-refractivity contribution in [3.63, 3.8) is 0 Å². The SMILES string of the molecule is CC1CCC(OC(=O)OOOC(=O)c2ccc(C(C)C)cc2)CC1. The smallest absolute Gasteiger partial charge is 0.429 e. The molecular formula is C18H24O6. The fourth-order valence-electron chi connectivity index (χ4n) is 2.63. The molecule has 1 aliphatic carbocycles. The fraction of sp³-hybridized carbons (Fsp3) is 0.556. The highest BCUT2D eigenvalue weighted by Gasteiger charge is 2.23. The van der Waals surface area contributed by atoms with E-state index in [0.29, 0.717) is 17.4 Å². The molecule has 6 nitrogen and oxygen atoms in total. The lowest BCUT2D eigenvalue weighted by Gasteiger charge is -2.24. The van der Waals surface area contributed by atoms with Gasteiger partial charge in [-0.25, -0.2) is 14.5 Å². The van der Waals surface area contributed by atoms with Crippen molar-refractivity contribution in [3.05, 3.63) is 35.4 Å². The molecule has 0 amide bonds. The first kappa shape index (κ1) is 18.3. The second-order valence-corrected chi connectivity index (χ2v) is 6.55. The third kappa shape index (κ3) is 5.53. The van der Waals surface area contributed by atoms with Gasteiger partial charge in [0.15, 0.2) is 0 Å². The standard InChI is InChI=1S/C18H24O6/c1-12(2)14-6-8-15(9-7-14)17(19)22-24-23-18(20)21-16-10-4-13(3)5-11-16/h6-9,12-13,16H,4-5,10-11H2,1-3H3. The zero-order chi connectivity index (χ0) is 17.5. The van der Waals surface area contributed by atoms with Crippen LogP contribution in [0.5, 0.6) is 0 Å². The molecule has 1 aliphatic rings.